The van der Waals surface area contributed by atoms with Gasteiger partial charge in [-0.25, -0.2) is 0 Å². The quantitative estimate of drug-likeness (QED) is 0.588. The van der Waals surface area contributed by atoms with Crippen molar-refractivity contribution in [3.63, 3.8) is 0 Å². The normalized spacial score (nSPS) is 10.8. The van der Waals surface area contributed by atoms with E-state index < -0.39 is 0 Å². The Kier molecular flexibility index (Phi) is 5.41. The number of benzene rings is 1. The van der Waals surface area contributed by atoms with Crippen LogP contribution in [0.3, 0.4) is 0 Å². The van der Waals surface area contributed by atoms with Crippen molar-refractivity contribution in [1.82, 2.24) is 9.88 Å². The van der Waals surface area contributed by atoms with Crippen molar-refractivity contribution in [2.45, 2.75) is 20.0 Å². The number of nitro groups is 1. The Hall–Kier alpha value is -1.79. The van der Waals surface area contributed by atoms with E-state index in [4.69, 9.17) is 0 Å². The molecule has 21 heavy (non-hydrogen) atoms. The Morgan fingerprint density at radius 1 is 1.29 bits per heavy atom. The van der Waals surface area contributed by atoms with Gasteiger partial charge < -0.3 is 0 Å². The van der Waals surface area contributed by atoms with E-state index in [1.807, 2.05) is 24.3 Å². The molecule has 6 heteroatoms. The van der Waals surface area contributed by atoms with E-state index in [-0.39, 0.29) is 10.6 Å². The zero-order valence-electron chi connectivity index (χ0n) is 11.7. The topological polar surface area (TPSA) is 59.3 Å². The Balaban J connectivity index is 2.11. The molecule has 0 amide bonds. The molecule has 2 aromatic rings. The largest absolute Gasteiger partial charge is 0.294 e. The lowest BCUT2D eigenvalue weighted by Crippen LogP contribution is -2.22. The first-order valence-electron chi connectivity index (χ1n) is 6.65. The monoisotopic (exact) mass is 349 g/mol. The van der Waals surface area contributed by atoms with Crippen molar-refractivity contribution in [3.05, 3.63) is 68.4 Å². The average molecular weight is 350 g/mol. The van der Waals surface area contributed by atoms with Crippen molar-refractivity contribution in [2.24, 2.45) is 0 Å². The number of hydrogen-bond donors (Lipinski definition) is 0. The highest BCUT2D eigenvalue weighted by Gasteiger charge is 2.14. The summed E-state index contributed by atoms with van der Waals surface area (Å²) in [5.41, 5.74) is 2.01. The number of hydrogen-bond acceptors (Lipinski definition) is 4. The van der Waals surface area contributed by atoms with Crippen molar-refractivity contribution >= 4 is 21.6 Å². The second-order valence-electron chi connectivity index (χ2n) is 4.67. The SMILES string of the molecule is CCN(Cc1ccc(Br)c([N+](=O)[O-])c1)Cc1ccccn1. The first-order valence-corrected chi connectivity index (χ1v) is 7.44. The molecule has 0 radical (unpaired) electrons. The molecule has 0 spiro atoms. The van der Waals surface area contributed by atoms with Crippen molar-refractivity contribution in [3.8, 4) is 0 Å². The summed E-state index contributed by atoms with van der Waals surface area (Å²) < 4.78 is 0.504. The number of rotatable bonds is 6. The van der Waals surface area contributed by atoms with Crippen LogP contribution in [0.5, 0.6) is 0 Å². The fraction of sp³-hybridized carbons (Fsp3) is 0.267. The van der Waals surface area contributed by atoms with Crippen LogP contribution in [0.1, 0.15) is 18.2 Å². The van der Waals surface area contributed by atoms with Gasteiger partial charge in [-0.3, -0.25) is 20.0 Å². The molecular weight excluding hydrogens is 334 g/mol. The lowest BCUT2D eigenvalue weighted by Gasteiger charge is -2.20. The minimum atomic E-state index is -0.372. The van der Waals surface area contributed by atoms with E-state index in [1.165, 1.54) is 0 Å². The van der Waals surface area contributed by atoms with Gasteiger partial charge in [0.05, 0.1) is 15.1 Å². The molecule has 0 N–H and O–H groups in total. The Morgan fingerprint density at radius 2 is 2.10 bits per heavy atom. The van der Waals surface area contributed by atoms with Crippen LogP contribution in [0, 0.1) is 10.1 Å². The van der Waals surface area contributed by atoms with E-state index >= 15 is 0 Å². The summed E-state index contributed by atoms with van der Waals surface area (Å²) >= 11 is 3.20. The highest BCUT2D eigenvalue weighted by atomic mass is 79.9. The van der Waals surface area contributed by atoms with Crippen LogP contribution in [-0.4, -0.2) is 21.4 Å². The number of pyridine rings is 1. The van der Waals surface area contributed by atoms with Crippen molar-refractivity contribution < 1.29 is 4.92 Å². The first kappa shape index (κ1) is 15.6. The molecule has 5 nitrogen and oxygen atoms in total. The lowest BCUT2D eigenvalue weighted by atomic mass is 10.2. The van der Waals surface area contributed by atoms with Gasteiger partial charge in [-0.2, -0.15) is 0 Å². The molecule has 0 unspecified atom stereocenters. The van der Waals surface area contributed by atoms with Crippen LogP contribution < -0.4 is 0 Å². The van der Waals surface area contributed by atoms with E-state index in [1.54, 1.807) is 18.3 Å². The fourth-order valence-electron chi connectivity index (χ4n) is 2.05. The second-order valence-corrected chi connectivity index (χ2v) is 5.52. The van der Waals surface area contributed by atoms with Crippen LogP contribution in [0.15, 0.2) is 47.1 Å². The Labute approximate surface area is 131 Å². The molecule has 0 saturated heterocycles. The van der Waals surface area contributed by atoms with Crippen LogP contribution in [0.2, 0.25) is 0 Å². The van der Waals surface area contributed by atoms with E-state index in [0.717, 1.165) is 24.3 Å². The van der Waals surface area contributed by atoms with Gasteiger partial charge >= 0.3 is 0 Å². The van der Waals surface area contributed by atoms with Gasteiger partial charge in [0.2, 0.25) is 0 Å². The Morgan fingerprint density at radius 3 is 2.71 bits per heavy atom. The molecule has 0 bridgehead atoms. The molecule has 2 rings (SSSR count). The fourth-order valence-corrected chi connectivity index (χ4v) is 2.45. The summed E-state index contributed by atoms with van der Waals surface area (Å²) in [4.78, 5) is 17.1. The summed E-state index contributed by atoms with van der Waals surface area (Å²) in [6.07, 6.45) is 1.77. The van der Waals surface area contributed by atoms with Crippen LogP contribution in [-0.2, 0) is 13.1 Å². The van der Waals surface area contributed by atoms with Gasteiger partial charge in [0, 0.05) is 25.4 Å². The zero-order valence-corrected chi connectivity index (χ0v) is 13.3. The molecule has 1 aromatic heterocycles. The summed E-state index contributed by atoms with van der Waals surface area (Å²) in [6, 6.07) is 11.1. The van der Waals surface area contributed by atoms with Gasteiger partial charge in [0.1, 0.15) is 0 Å². The standard InChI is InChI=1S/C15H16BrN3O2/c1-2-18(11-13-5-3-4-8-17-13)10-12-6-7-14(16)15(9-12)19(20)21/h3-9H,2,10-11H2,1H3. The maximum Gasteiger partial charge on any atom is 0.283 e. The summed E-state index contributed by atoms with van der Waals surface area (Å²) in [7, 11) is 0. The minimum Gasteiger partial charge on any atom is -0.294 e. The van der Waals surface area contributed by atoms with E-state index in [0.29, 0.717) is 11.0 Å². The van der Waals surface area contributed by atoms with E-state index in [2.05, 4.69) is 32.7 Å². The van der Waals surface area contributed by atoms with Crippen LogP contribution in [0.25, 0.3) is 0 Å². The van der Waals surface area contributed by atoms with Crippen molar-refractivity contribution in [1.29, 1.82) is 0 Å². The predicted octanol–water partition coefficient (Wildman–Crippen LogP) is 3.77. The zero-order chi connectivity index (χ0) is 15.2. The maximum absolute atomic E-state index is 11.0. The summed E-state index contributed by atoms with van der Waals surface area (Å²) in [6.45, 7) is 4.29. The van der Waals surface area contributed by atoms with Crippen molar-refractivity contribution in [2.75, 3.05) is 6.54 Å². The van der Waals surface area contributed by atoms with Gasteiger partial charge in [-0.1, -0.05) is 19.1 Å². The third-order valence-corrected chi connectivity index (χ3v) is 3.84. The minimum absolute atomic E-state index is 0.0985. The maximum atomic E-state index is 11.0. The van der Waals surface area contributed by atoms with Gasteiger partial charge in [0.15, 0.2) is 0 Å². The Bertz CT molecular complexity index is 620. The van der Waals surface area contributed by atoms with E-state index in [9.17, 15) is 10.1 Å². The third-order valence-electron chi connectivity index (χ3n) is 3.17. The number of aromatic nitrogens is 1. The van der Waals surface area contributed by atoms with Crippen LogP contribution in [0.4, 0.5) is 5.69 Å². The third kappa shape index (κ3) is 4.34. The number of nitro benzene ring substituents is 1. The first-order chi connectivity index (χ1) is 10.1. The molecule has 0 fully saturated rings. The molecule has 0 saturated carbocycles. The highest BCUT2D eigenvalue weighted by molar-refractivity contribution is 9.10. The van der Waals surface area contributed by atoms with Gasteiger partial charge in [-0.15, -0.1) is 0 Å². The second kappa shape index (κ2) is 7.28. The molecule has 0 aliphatic heterocycles. The smallest absolute Gasteiger partial charge is 0.283 e. The molecule has 0 aliphatic rings. The average Bonchev–Trinajstić information content (AvgIpc) is 2.49. The summed E-state index contributed by atoms with van der Waals surface area (Å²) in [5.74, 6) is 0. The molecule has 0 atom stereocenters. The van der Waals surface area contributed by atoms with Gasteiger partial charge in [0.25, 0.3) is 5.69 Å². The van der Waals surface area contributed by atoms with Gasteiger partial charge in [-0.05, 0) is 46.2 Å². The lowest BCUT2D eigenvalue weighted by molar-refractivity contribution is -0.385. The number of halogens is 1. The molecule has 1 aromatic carbocycles. The van der Waals surface area contributed by atoms with Crippen LogP contribution >= 0.6 is 15.9 Å². The highest BCUT2D eigenvalue weighted by Crippen LogP contribution is 2.26. The summed E-state index contributed by atoms with van der Waals surface area (Å²) in [5, 5.41) is 11.0. The number of nitrogens with zero attached hydrogens (tertiary/aromatic N) is 3. The molecular formula is C15H16BrN3O2. The predicted molar refractivity (Wildman–Crippen MR) is 84.8 cm³/mol. The molecule has 110 valence electrons. The molecule has 1 heterocycles. The molecule has 0 aliphatic carbocycles.